The number of carboxylic acid groups (broad SMARTS) is 1. The fraction of sp³-hybridized carbons (Fsp3) is 0.615. The van der Waals surface area contributed by atoms with E-state index in [4.69, 9.17) is 10.5 Å². The van der Waals surface area contributed by atoms with Crippen LogP contribution < -0.4 is 11.1 Å². The number of aromatic nitrogens is 2. The normalized spacial score (nSPS) is 17.4. The summed E-state index contributed by atoms with van der Waals surface area (Å²) in [7, 11) is 1.68. The molecule has 21 heavy (non-hydrogen) atoms. The van der Waals surface area contributed by atoms with Gasteiger partial charge in [-0.05, 0) is 19.8 Å². The van der Waals surface area contributed by atoms with Gasteiger partial charge in [0.15, 0.2) is 0 Å². The summed E-state index contributed by atoms with van der Waals surface area (Å²) in [5, 5.41) is 16.7. The SMILES string of the molecule is Cc1nn(C)c(NCC2(C(=O)O)CCOCC2)c1C(N)=O. The van der Waals surface area contributed by atoms with E-state index in [1.165, 1.54) is 4.68 Å². The number of hydrogen-bond acceptors (Lipinski definition) is 5. The molecule has 1 amide bonds. The molecular formula is C13H20N4O4. The number of carbonyl (C=O) groups is 2. The van der Waals surface area contributed by atoms with Gasteiger partial charge >= 0.3 is 5.97 Å². The Kier molecular flexibility index (Phi) is 4.17. The Morgan fingerprint density at radius 2 is 2.10 bits per heavy atom. The van der Waals surface area contributed by atoms with Crippen molar-refractivity contribution in [2.75, 3.05) is 25.1 Å². The molecule has 8 nitrogen and oxygen atoms in total. The summed E-state index contributed by atoms with van der Waals surface area (Å²) in [6.45, 7) is 2.72. The third-order valence-corrected chi connectivity index (χ3v) is 3.97. The summed E-state index contributed by atoms with van der Waals surface area (Å²) in [5.74, 6) is -0.996. The lowest BCUT2D eigenvalue weighted by atomic mass is 9.80. The molecule has 1 aromatic heterocycles. The van der Waals surface area contributed by atoms with Crippen molar-refractivity contribution in [3.05, 3.63) is 11.3 Å². The van der Waals surface area contributed by atoms with Crippen molar-refractivity contribution >= 4 is 17.7 Å². The molecule has 0 aliphatic carbocycles. The van der Waals surface area contributed by atoms with Crippen LogP contribution in [-0.4, -0.2) is 46.5 Å². The van der Waals surface area contributed by atoms with E-state index in [0.29, 0.717) is 43.1 Å². The van der Waals surface area contributed by atoms with Crippen LogP contribution in [0.15, 0.2) is 0 Å². The number of anilines is 1. The molecule has 0 atom stereocenters. The van der Waals surface area contributed by atoms with Crippen molar-refractivity contribution in [2.45, 2.75) is 19.8 Å². The van der Waals surface area contributed by atoms with Crippen LogP contribution >= 0.6 is 0 Å². The van der Waals surface area contributed by atoms with E-state index in [1.807, 2.05) is 0 Å². The van der Waals surface area contributed by atoms with Crippen molar-refractivity contribution in [2.24, 2.45) is 18.2 Å². The first-order valence-corrected chi connectivity index (χ1v) is 6.76. The molecule has 1 saturated heterocycles. The van der Waals surface area contributed by atoms with Crippen LogP contribution in [0.5, 0.6) is 0 Å². The number of carboxylic acids is 1. The second kappa shape index (κ2) is 5.72. The van der Waals surface area contributed by atoms with Crippen LogP contribution in [0.3, 0.4) is 0 Å². The lowest BCUT2D eigenvalue weighted by molar-refractivity contribution is -0.153. The first kappa shape index (κ1) is 15.3. The smallest absolute Gasteiger partial charge is 0.311 e. The highest BCUT2D eigenvalue weighted by molar-refractivity contribution is 5.99. The third-order valence-electron chi connectivity index (χ3n) is 3.97. The zero-order valence-corrected chi connectivity index (χ0v) is 12.2. The number of nitrogens with zero attached hydrogens (tertiary/aromatic N) is 2. The summed E-state index contributed by atoms with van der Waals surface area (Å²) in [6.07, 6.45) is 0.857. The molecule has 0 radical (unpaired) electrons. The highest BCUT2D eigenvalue weighted by Gasteiger charge is 2.40. The van der Waals surface area contributed by atoms with Gasteiger partial charge in [-0.15, -0.1) is 0 Å². The van der Waals surface area contributed by atoms with Crippen LogP contribution in [0.1, 0.15) is 28.9 Å². The highest BCUT2D eigenvalue weighted by atomic mass is 16.5. The average molecular weight is 296 g/mol. The van der Waals surface area contributed by atoms with Gasteiger partial charge in [0.25, 0.3) is 5.91 Å². The summed E-state index contributed by atoms with van der Waals surface area (Å²) >= 11 is 0. The number of nitrogens with one attached hydrogen (secondary N) is 1. The first-order valence-electron chi connectivity index (χ1n) is 6.76. The maximum atomic E-state index is 11.6. The number of nitrogens with two attached hydrogens (primary N) is 1. The number of carbonyl (C=O) groups excluding carboxylic acids is 1. The summed E-state index contributed by atoms with van der Waals surface area (Å²) in [6, 6.07) is 0. The summed E-state index contributed by atoms with van der Waals surface area (Å²) in [4.78, 5) is 23.1. The number of aliphatic carboxylic acids is 1. The van der Waals surface area contributed by atoms with Crippen molar-refractivity contribution in [3.8, 4) is 0 Å². The van der Waals surface area contributed by atoms with E-state index in [1.54, 1.807) is 14.0 Å². The Labute approximate surface area is 122 Å². The maximum absolute atomic E-state index is 11.6. The molecule has 0 aromatic carbocycles. The third kappa shape index (κ3) is 2.85. The van der Waals surface area contributed by atoms with Crippen LogP contribution in [0, 0.1) is 12.3 Å². The Morgan fingerprint density at radius 3 is 2.62 bits per heavy atom. The molecular weight excluding hydrogens is 276 g/mol. The monoisotopic (exact) mass is 296 g/mol. The van der Waals surface area contributed by atoms with Crippen molar-refractivity contribution in [1.82, 2.24) is 9.78 Å². The molecule has 0 spiro atoms. The molecule has 1 aliphatic heterocycles. The number of ether oxygens (including phenoxy) is 1. The predicted molar refractivity (Wildman–Crippen MR) is 75.1 cm³/mol. The molecule has 116 valence electrons. The van der Waals surface area contributed by atoms with Crippen LogP contribution in [0.2, 0.25) is 0 Å². The number of primary amides is 1. The summed E-state index contributed by atoms with van der Waals surface area (Å²) < 4.78 is 6.74. The molecule has 2 rings (SSSR count). The lowest BCUT2D eigenvalue weighted by Gasteiger charge is -2.33. The highest BCUT2D eigenvalue weighted by Crippen LogP contribution is 2.32. The number of amides is 1. The number of aryl methyl sites for hydroxylation is 2. The Hall–Kier alpha value is -2.09. The van der Waals surface area contributed by atoms with Crippen molar-refractivity contribution in [1.29, 1.82) is 0 Å². The topological polar surface area (TPSA) is 119 Å². The van der Waals surface area contributed by atoms with Crippen LogP contribution in [0.25, 0.3) is 0 Å². The van der Waals surface area contributed by atoms with Crippen molar-refractivity contribution < 1.29 is 19.4 Å². The van der Waals surface area contributed by atoms with Gasteiger partial charge in [0.2, 0.25) is 0 Å². The molecule has 0 bridgehead atoms. The average Bonchev–Trinajstić information content (AvgIpc) is 2.71. The maximum Gasteiger partial charge on any atom is 0.311 e. The molecule has 4 N–H and O–H groups in total. The second-order valence-corrected chi connectivity index (χ2v) is 5.35. The lowest BCUT2D eigenvalue weighted by Crippen LogP contribution is -2.43. The van der Waals surface area contributed by atoms with Gasteiger partial charge in [-0.1, -0.05) is 0 Å². The molecule has 0 saturated carbocycles. The fourth-order valence-electron chi connectivity index (χ4n) is 2.64. The Morgan fingerprint density at radius 1 is 1.48 bits per heavy atom. The van der Waals surface area contributed by atoms with Gasteiger partial charge in [-0.25, -0.2) is 0 Å². The van der Waals surface area contributed by atoms with E-state index in [-0.39, 0.29) is 6.54 Å². The molecule has 0 unspecified atom stereocenters. The second-order valence-electron chi connectivity index (χ2n) is 5.35. The van der Waals surface area contributed by atoms with E-state index >= 15 is 0 Å². The number of rotatable bonds is 5. The van der Waals surface area contributed by atoms with Crippen LogP contribution in [0.4, 0.5) is 5.82 Å². The Balaban J connectivity index is 2.22. The number of hydrogen-bond donors (Lipinski definition) is 3. The van der Waals surface area contributed by atoms with Crippen LogP contribution in [-0.2, 0) is 16.6 Å². The summed E-state index contributed by atoms with van der Waals surface area (Å²) in [5.41, 5.74) is 5.28. The quantitative estimate of drug-likeness (QED) is 0.710. The molecule has 1 aliphatic rings. The Bertz CT molecular complexity index is 561. The van der Waals surface area contributed by atoms with Crippen molar-refractivity contribution in [3.63, 3.8) is 0 Å². The minimum absolute atomic E-state index is 0.199. The largest absolute Gasteiger partial charge is 0.481 e. The van der Waals surface area contributed by atoms with E-state index in [2.05, 4.69) is 10.4 Å². The van der Waals surface area contributed by atoms with E-state index in [0.717, 1.165) is 0 Å². The first-order chi connectivity index (χ1) is 9.87. The predicted octanol–water partition coefficient (Wildman–Crippen LogP) is 0.121. The van der Waals surface area contributed by atoms with Gasteiger partial charge in [-0.2, -0.15) is 5.10 Å². The van der Waals surface area contributed by atoms with Gasteiger partial charge in [-0.3, -0.25) is 14.3 Å². The molecule has 1 aromatic rings. The van der Waals surface area contributed by atoms with Gasteiger partial charge in [0.05, 0.1) is 11.1 Å². The zero-order valence-electron chi connectivity index (χ0n) is 12.2. The fourth-order valence-corrected chi connectivity index (χ4v) is 2.64. The van der Waals surface area contributed by atoms with Gasteiger partial charge < -0.3 is 20.9 Å². The minimum Gasteiger partial charge on any atom is -0.481 e. The minimum atomic E-state index is -0.897. The van der Waals surface area contributed by atoms with Gasteiger partial charge in [0, 0.05) is 26.8 Å². The van der Waals surface area contributed by atoms with E-state index < -0.39 is 17.3 Å². The van der Waals surface area contributed by atoms with E-state index in [9.17, 15) is 14.7 Å². The standard InChI is InChI=1S/C13H20N4O4/c1-8-9(10(14)18)11(17(2)16-8)15-7-13(12(19)20)3-5-21-6-4-13/h15H,3-7H2,1-2H3,(H2,14,18)(H,19,20). The molecule has 8 heteroatoms. The molecule has 1 fully saturated rings. The molecule has 2 heterocycles. The zero-order chi connectivity index (χ0) is 15.6. The van der Waals surface area contributed by atoms with Gasteiger partial charge in [0.1, 0.15) is 11.4 Å².